The van der Waals surface area contributed by atoms with E-state index in [1.165, 1.54) is 109 Å². The summed E-state index contributed by atoms with van der Waals surface area (Å²) in [4.78, 5) is 58.7. The summed E-state index contributed by atoms with van der Waals surface area (Å²) in [5.74, 6) is -1.61. The van der Waals surface area contributed by atoms with E-state index in [2.05, 4.69) is 154 Å². The van der Waals surface area contributed by atoms with Crippen LogP contribution in [0.15, 0.2) is 134 Å². The number of carbonyl (C=O) groups excluding carboxylic acids is 3. The number of esters is 3. The third-order valence-corrected chi connectivity index (χ3v) is 18.7. The lowest BCUT2D eigenvalue weighted by Crippen LogP contribution is -2.30. The number of aliphatic hydroxyl groups excluding tert-OH is 2. The summed E-state index contributed by atoms with van der Waals surface area (Å²) >= 11 is 0. The molecule has 4 N–H and O–H groups in total. The number of hydrogen-bond acceptors (Lipinski definition) is 14. The van der Waals surface area contributed by atoms with Gasteiger partial charge < -0.3 is 34.2 Å². The molecule has 0 heterocycles. The van der Waals surface area contributed by atoms with Crippen molar-refractivity contribution < 1.29 is 75.8 Å². The Morgan fingerprint density at radius 1 is 0.282 bits per heavy atom. The van der Waals surface area contributed by atoms with Crippen LogP contribution in [0.2, 0.25) is 0 Å². The largest absolute Gasteiger partial charge is 0.472 e. The highest BCUT2D eigenvalue weighted by atomic mass is 31.2. The van der Waals surface area contributed by atoms with Gasteiger partial charge in [0, 0.05) is 19.3 Å². The van der Waals surface area contributed by atoms with Crippen LogP contribution in [0.3, 0.4) is 0 Å². The van der Waals surface area contributed by atoms with Gasteiger partial charge in [-0.05, 0) is 141 Å². The summed E-state index contributed by atoms with van der Waals surface area (Å²) in [6.07, 6.45) is 93.5. The molecular weight excluding hydrogens is 1340 g/mol. The van der Waals surface area contributed by atoms with Crippen LogP contribution in [0.5, 0.6) is 0 Å². The second-order valence-corrected chi connectivity index (χ2v) is 29.7. The number of phosphoric acid groups is 2. The van der Waals surface area contributed by atoms with Crippen molar-refractivity contribution >= 4 is 33.6 Å². The van der Waals surface area contributed by atoms with Gasteiger partial charge in [0.1, 0.15) is 25.4 Å². The van der Waals surface area contributed by atoms with Crippen molar-refractivity contribution in [3.05, 3.63) is 134 Å². The van der Waals surface area contributed by atoms with Gasteiger partial charge in [0.05, 0.1) is 26.4 Å². The minimum atomic E-state index is -4.94. The zero-order valence-electron chi connectivity index (χ0n) is 64.7. The number of carbonyl (C=O) groups is 3. The Bertz CT molecular complexity index is 2410. The van der Waals surface area contributed by atoms with Crippen LogP contribution in [0.1, 0.15) is 329 Å². The van der Waals surface area contributed by atoms with E-state index in [0.717, 1.165) is 161 Å². The van der Waals surface area contributed by atoms with Crippen LogP contribution in [0, 0.1) is 0 Å². The van der Waals surface area contributed by atoms with Crippen molar-refractivity contribution in [2.45, 2.75) is 347 Å². The summed E-state index contributed by atoms with van der Waals surface area (Å²) in [7, 11) is -9.80. The maximum Gasteiger partial charge on any atom is 0.472 e. The Morgan fingerprint density at radius 3 is 0.816 bits per heavy atom. The number of rotatable bonds is 76. The topological polar surface area (TPSA) is 231 Å². The molecule has 0 fully saturated rings. The second-order valence-electron chi connectivity index (χ2n) is 26.8. The highest BCUT2D eigenvalue weighted by molar-refractivity contribution is 7.47. The predicted octanol–water partition coefficient (Wildman–Crippen LogP) is 23.9. The molecule has 0 aromatic rings. The van der Waals surface area contributed by atoms with Gasteiger partial charge in [0.15, 0.2) is 6.10 Å². The lowest BCUT2D eigenvalue weighted by molar-refractivity contribution is -0.161. The molecule has 0 aromatic carbocycles. The Balaban J connectivity index is 4.58. The molecule has 592 valence electrons. The van der Waals surface area contributed by atoms with E-state index in [1.807, 2.05) is 0 Å². The predicted molar refractivity (Wildman–Crippen MR) is 426 cm³/mol. The standard InChI is InChI=1S/C85H146O16P2/c1-4-7-10-13-16-19-22-25-28-31-33-35-36-37-38-39-40-41-42-44-46-48-50-53-56-59-62-65-68-71-83(88)95-74-80(86)75-97-102(91,92)98-76-81(87)77-99-103(93,94)100-79-82(101-85(90)73-70-67-64-61-58-55-52-47-30-27-24-21-18-15-12-9-6-3)78-96-84(89)72-69-66-63-60-57-54-51-49-45-43-34-32-29-26-23-20-17-14-11-8-5-2/h9,12,16-21,25-30,33-35,37-38,43,49,51,80-82,86-87H,4-8,10-11,13-15,22-24,31-32,36,39-42,44-48,50,52-79H2,1-3H3,(H,91,92)(H,93,94)/b12-9-,19-16-,20-17-,21-18-,28-25-,29-26-,30-27-,35-33-,38-37-,43-34-,51-49-. The van der Waals surface area contributed by atoms with E-state index >= 15 is 0 Å². The van der Waals surface area contributed by atoms with Gasteiger partial charge in [0.25, 0.3) is 0 Å². The van der Waals surface area contributed by atoms with Crippen molar-refractivity contribution in [3.8, 4) is 0 Å². The Labute approximate surface area is 626 Å². The summed E-state index contributed by atoms with van der Waals surface area (Å²) in [6, 6.07) is 0. The Hall–Kier alpha value is -4.31. The maximum absolute atomic E-state index is 13.0. The molecule has 0 amide bonds. The molecule has 0 rings (SSSR count). The van der Waals surface area contributed by atoms with Crippen molar-refractivity contribution in [3.63, 3.8) is 0 Å². The molecule has 103 heavy (non-hydrogen) atoms. The molecule has 5 unspecified atom stereocenters. The summed E-state index contributed by atoms with van der Waals surface area (Å²) in [6.45, 7) is 2.50. The average Bonchev–Trinajstić information content (AvgIpc) is 0.937. The highest BCUT2D eigenvalue weighted by Gasteiger charge is 2.29. The minimum Gasteiger partial charge on any atom is -0.463 e. The zero-order chi connectivity index (χ0) is 75.2. The number of allylic oxidation sites excluding steroid dienone is 22. The van der Waals surface area contributed by atoms with Gasteiger partial charge in [-0.2, -0.15) is 0 Å². The zero-order valence-corrected chi connectivity index (χ0v) is 66.5. The molecule has 0 saturated heterocycles. The first-order valence-corrected chi connectivity index (χ1v) is 43.5. The first kappa shape index (κ1) is 98.7. The van der Waals surface area contributed by atoms with Crippen LogP contribution in [-0.2, 0) is 55.8 Å². The fourth-order valence-electron chi connectivity index (χ4n) is 10.7. The first-order valence-electron chi connectivity index (χ1n) is 40.5. The normalized spacial score (nSPS) is 14.7. The molecule has 0 radical (unpaired) electrons. The SMILES string of the molecule is CC/C=C\C/C=C\C/C=C\CCCCCCCCCC(=O)OC(COC(=O)CCCCCCC/C=C\C/C=C\C/C=C\C/C=C\CCCCC)COP(=O)(O)OCC(O)COP(=O)(O)OCC(O)COC(=O)CCCCCCCCCCCCCCC/C=C\C/C=C\C/C=C\C/C=C\CCCCC. The lowest BCUT2D eigenvalue weighted by Gasteiger charge is -2.21. The molecular formula is C85H146O16P2. The monoisotopic (exact) mass is 1490 g/mol. The summed E-state index contributed by atoms with van der Waals surface area (Å²) in [5.41, 5.74) is 0. The molecule has 16 nitrogen and oxygen atoms in total. The molecule has 0 bridgehead atoms. The van der Waals surface area contributed by atoms with Crippen LogP contribution < -0.4 is 0 Å². The number of phosphoric ester groups is 2. The van der Waals surface area contributed by atoms with E-state index < -0.39 is 91.5 Å². The van der Waals surface area contributed by atoms with Gasteiger partial charge in [-0.1, -0.05) is 302 Å². The second kappa shape index (κ2) is 77.3. The number of hydrogen-bond donors (Lipinski definition) is 4. The van der Waals surface area contributed by atoms with Crippen LogP contribution in [0.4, 0.5) is 0 Å². The van der Waals surface area contributed by atoms with Crippen LogP contribution >= 0.6 is 15.6 Å². The molecule has 18 heteroatoms. The summed E-state index contributed by atoms with van der Waals surface area (Å²) < 4.78 is 61.2. The molecule has 0 saturated carbocycles. The van der Waals surface area contributed by atoms with Crippen molar-refractivity contribution in [1.29, 1.82) is 0 Å². The van der Waals surface area contributed by atoms with E-state index in [-0.39, 0.29) is 19.3 Å². The van der Waals surface area contributed by atoms with Gasteiger partial charge in [-0.3, -0.25) is 32.5 Å². The molecule has 0 aromatic heterocycles. The van der Waals surface area contributed by atoms with E-state index in [9.17, 15) is 43.5 Å². The third-order valence-electron chi connectivity index (χ3n) is 16.8. The fraction of sp³-hybridized carbons (Fsp3) is 0.706. The molecule has 5 atom stereocenters. The third kappa shape index (κ3) is 78.6. The number of aliphatic hydroxyl groups is 2. The van der Waals surface area contributed by atoms with E-state index in [4.69, 9.17) is 32.3 Å². The highest BCUT2D eigenvalue weighted by Crippen LogP contribution is 2.45. The molecule has 0 spiro atoms. The number of unbranched alkanes of at least 4 members (excludes halogenated alkanes) is 31. The maximum atomic E-state index is 13.0. The first-order chi connectivity index (χ1) is 50.2. The summed E-state index contributed by atoms with van der Waals surface area (Å²) in [5, 5.41) is 20.7. The quantitative estimate of drug-likeness (QED) is 0.0146. The molecule has 0 aliphatic heterocycles. The Morgan fingerprint density at radius 2 is 0.515 bits per heavy atom. The fourth-order valence-corrected chi connectivity index (χ4v) is 12.3. The molecule has 0 aliphatic rings. The number of ether oxygens (including phenoxy) is 3. The lowest BCUT2D eigenvalue weighted by atomic mass is 10.0. The Kier molecular flexibility index (Phi) is 74.1. The average molecular weight is 1490 g/mol. The van der Waals surface area contributed by atoms with Gasteiger partial charge in [-0.25, -0.2) is 9.13 Å². The van der Waals surface area contributed by atoms with Gasteiger partial charge >= 0.3 is 33.6 Å². The van der Waals surface area contributed by atoms with E-state index in [1.54, 1.807) is 0 Å². The molecule has 0 aliphatic carbocycles. The van der Waals surface area contributed by atoms with Crippen LogP contribution in [0.25, 0.3) is 0 Å². The van der Waals surface area contributed by atoms with Crippen molar-refractivity contribution in [1.82, 2.24) is 0 Å². The van der Waals surface area contributed by atoms with Gasteiger partial charge in [-0.15, -0.1) is 0 Å². The van der Waals surface area contributed by atoms with E-state index in [0.29, 0.717) is 19.3 Å². The minimum absolute atomic E-state index is 0.0858. The van der Waals surface area contributed by atoms with Crippen LogP contribution in [-0.4, -0.2) is 95.9 Å². The van der Waals surface area contributed by atoms with Gasteiger partial charge in [0.2, 0.25) is 0 Å². The smallest absolute Gasteiger partial charge is 0.463 e. The van der Waals surface area contributed by atoms with Crippen molar-refractivity contribution in [2.24, 2.45) is 0 Å². The van der Waals surface area contributed by atoms with Crippen molar-refractivity contribution in [2.75, 3.05) is 39.6 Å².